The van der Waals surface area contributed by atoms with Crippen LogP contribution in [0.3, 0.4) is 0 Å². The highest BCUT2D eigenvalue weighted by Gasteiger charge is 2.20. The summed E-state index contributed by atoms with van der Waals surface area (Å²) in [5.41, 5.74) is 17.8. The lowest BCUT2D eigenvalue weighted by Crippen LogP contribution is -2.44. The first kappa shape index (κ1) is 33.9. The number of aromatic hydroxyl groups is 1. The molecular weight excluding hydrogens is 590 g/mol. The van der Waals surface area contributed by atoms with Crippen LogP contribution in [-0.2, 0) is 6.42 Å². The summed E-state index contributed by atoms with van der Waals surface area (Å²) in [4.78, 5) is 22.3. The molecule has 1 heterocycles. The molecule has 1 saturated heterocycles. The van der Waals surface area contributed by atoms with Gasteiger partial charge >= 0.3 is 0 Å². The maximum atomic E-state index is 14.3. The smallest absolute Gasteiger partial charge is 0.281 e. The van der Waals surface area contributed by atoms with E-state index >= 15 is 0 Å². The Morgan fingerprint density at radius 2 is 1.70 bits per heavy atom. The van der Waals surface area contributed by atoms with Gasteiger partial charge in [0, 0.05) is 62.5 Å². The van der Waals surface area contributed by atoms with Crippen LogP contribution in [0.4, 0.5) is 25.8 Å². The molecule has 0 bridgehead atoms. The molecule has 4 aromatic rings. The first-order valence-corrected chi connectivity index (χ1v) is 14.9. The number of carbonyl (C=O) groups excluding carboxylic acids is 1. The number of hydrogen-bond acceptors (Lipinski definition) is 7. The first-order valence-electron chi connectivity index (χ1n) is 14.9. The summed E-state index contributed by atoms with van der Waals surface area (Å²) in [6.07, 6.45) is 0.266. The standard InChI is InChI=1S/C34H36F2N6O2.CH4O/c1-3-39-31-19-25(42-13-11-41(2)12-14-42)8-9-26(31)34(44)40-33(38)28-17-23(15-21-5-4-6-24(35)16-21)27(20-30(28)37)22-7-10-32(43)29(36)18-22;1-2/h4-10,16-20,39,43H,3,11-15,37H2,1-2H3,(H2,38,40,44);2H,1H3. The molecule has 1 aliphatic heterocycles. The van der Waals surface area contributed by atoms with E-state index in [1.165, 1.54) is 24.3 Å². The molecular formula is C35H40F2N6O3. The summed E-state index contributed by atoms with van der Waals surface area (Å²) in [6, 6.07) is 19.1. The van der Waals surface area contributed by atoms with Crippen LogP contribution in [0.15, 0.2) is 77.8 Å². The Morgan fingerprint density at radius 1 is 0.957 bits per heavy atom. The zero-order chi connectivity index (χ0) is 33.4. The van der Waals surface area contributed by atoms with Gasteiger partial charge in [-0.15, -0.1) is 0 Å². The number of rotatable bonds is 8. The third-order valence-electron chi connectivity index (χ3n) is 7.78. The second-order valence-electron chi connectivity index (χ2n) is 10.9. The van der Waals surface area contributed by atoms with Gasteiger partial charge in [0.15, 0.2) is 11.6 Å². The number of nitrogens with two attached hydrogens (primary N) is 2. The molecule has 11 heteroatoms. The number of halogens is 2. The molecule has 242 valence electrons. The molecule has 0 aliphatic carbocycles. The van der Waals surface area contributed by atoms with Gasteiger partial charge in [0.2, 0.25) is 0 Å². The molecule has 1 fully saturated rings. The lowest BCUT2D eigenvalue weighted by molar-refractivity contribution is 0.100. The number of amidine groups is 1. The van der Waals surface area contributed by atoms with Crippen LogP contribution in [0.5, 0.6) is 5.75 Å². The summed E-state index contributed by atoms with van der Waals surface area (Å²) in [5.74, 6) is -2.27. The highest BCUT2D eigenvalue weighted by Crippen LogP contribution is 2.33. The second-order valence-corrected chi connectivity index (χ2v) is 10.9. The van der Waals surface area contributed by atoms with Gasteiger partial charge in [0.05, 0.1) is 5.56 Å². The van der Waals surface area contributed by atoms with Crippen LogP contribution >= 0.6 is 0 Å². The number of nitrogens with zero attached hydrogens (tertiary/aromatic N) is 3. The number of benzene rings is 4. The van der Waals surface area contributed by atoms with Crippen LogP contribution < -0.4 is 21.7 Å². The number of hydrogen-bond donors (Lipinski definition) is 5. The van der Waals surface area contributed by atoms with Crippen LogP contribution in [-0.4, -0.2) is 73.7 Å². The molecule has 0 spiro atoms. The number of aliphatic imine (C=N–C) groups is 1. The largest absolute Gasteiger partial charge is 0.505 e. The van der Waals surface area contributed by atoms with Crippen LogP contribution in [0.1, 0.15) is 34.0 Å². The van der Waals surface area contributed by atoms with E-state index in [-0.39, 0.29) is 17.9 Å². The Bertz CT molecular complexity index is 1720. The van der Waals surface area contributed by atoms with Gasteiger partial charge in [-0.3, -0.25) is 4.79 Å². The van der Waals surface area contributed by atoms with E-state index in [0.717, 1.165) is 39.0 Å². The number of phenols is 1. The molecule has 7 N–H and O–H groups in total. The van der Waals surface area contributed by atoms with Gasteiger partial charge in [0.25, 0.3) is 5.91 Å². The summed E-state index contributed by atoms with van der Waals surface area (Å²) >= 11 is 0. The molecule has 0 saturated carbocycles. The summed E-state index contributed by atoms with van der Waals surface area (Å²) in [7, 11) is 3.10. The fourth-order valence-corrected chi connectivity index (χ4v) is 5.39. The highest BCUT2D eigenvalue weighted by molar-refractivity contribution is 6.13. The van der Waals surface area contributed by atoms with Gasteiger partial charge < -0.3 is 36.8 Å². The second kappa shape index (κ2) is 15.3. The Hall–Kier alpha value is -5.00. The summed E-state index contributed by atoms with van der Waals surface area (Å²) in [5, 5.41) is 20.0. The molecule has 9 nitrogen and oxygen atoms in total. The van der Waals surface area contributed by atoms with E-state index in [1.54, 1.807) is 36.4 Å². The number of anilines is 3. The van der Waals surface area contributed by atoms with E-state index in [9.17, 15) is 18.7 Å². The van der Waals surface area contributed by atoms with E-state index in [0.29, 0.717) is 45.6 Å². The number of likely N-dealkylation sites (N-methyl/N-ethyl adjacent to an activating group) is 1. The predicted molar refractivity (Wildman–Crippen MR) is 181 cm³/mol. The maximum Gasteiger partial charge on any atom is 0.281 e. The van der Waals surface area contributed by atoms with Crippen molar-refractivity contribution in [2.24, 2.45) is 10.7 Å². The molecule has 1 amide bonds. The number of carbonyl (C=O) groups is 1. The number of aliphatic hydroxyl groups is 1. The molecule has 0 aromatic heterocycles. The quantitative estimate of drug-likeness (QED) is 0.106. The molecule has 5 rings (SSSR count). The Morgan fingerprint density at radius 3 is 2.37 bits per heavy atom. The Kier molecular flexibility index (Phi) is 11.3. The molecule has 4 aromatic carbocycles. The number of aliphatic hydroxyl groups excluding tert-OH is 1. The lowest BCUT2D eigenvalue weighted by Gasteiger charge is -2.34. The van der Waals surface area contributed by atoms with Crippen molar-refractivity contribution in [3.8, 4) is 16.9 Å². The lowest BCUT2D eigenvalue weighted by atomic mass is 9.91. The molecule has 0 unspecified atom stereocenters. The third kappa shape index (κ3) is 7.98. The van der Waals surface area contributed by atoms with Gasteiger partial charge in [-0.05, 0) is 97.2 Å². The van der Waals surface area contributed by atoms with E-state index in [4.69, 9.17) is 16.6 Å². The maximum absolute atomic E-state index is 14.3. The Balaban J connectivity index is 0.00000235. The minimum atomic E-state index is -0.788. The van der Waals surface area contributed by atoms with Crippen molar-refractivity contribution in [3.63, 3.8) is 0 Å². The fourth-order valence-electron chi connectivity index (χ4n) is 5.39. The topological polar surface area (TPSA) is 140 Å². The molecule has 46 heavy (non-hydrogen) atoms. The van der Waals surface area contributed by atoms with Gasteiger partial charge in [-0.25, -0.2) is 8.78 Å². The van der Waals surface area contributed by atoms with Crippen molar-refractivity contribution in [2.45, 2.75) is 13.3 Å². The van der Waals surface area contributed by atoms with E-state index < -0.39 is 23.3 Å². The fraction of sp³-hybridized carbons (Fsp3) is 0.257. The third-order valence-corrected chi connectivity index (χ3v) is 7.78. The number of piperazine rings is 1. The molecule has 0 radical (unpaired) electrons. The predicted octanol–water partition coefficient (Wildman–Crippen LogP) is 4.85. The summed E-state index contributed by atoms with van der Waals surface area (Å²) < 4.78 is 28.3. The van der Waals surface area contributed by atoms with Crippen molar-refractivity contribution < 1.29 is 23.8 Å². The number of amides is 1. The van der Waals surface area contributed by atoms with Crippen LogP contribution in [0.2, 0.25) is 0 Å². The monoisotopic (exact) mass is 630 g/mol. The SMILES string of the molecule is CCNc1cc(N2CCN(C)CC2)ccc1C(=O)N=C(N)c1cc(Cc2cccc(F)c2)c(-c2ccc(O)c(F)c2)cc1N.CO. The summed E-state index contributed by atoms with van der Waals surface area (Å²) in [6.45, 7) is 6.27. The van der Waals surface area contributed by atoms with E-state index in [2.05, 4.69) is 27.2 Å². The average molecular weight is 631 g/mol. The van der Waals surface area contributed by atoms with Gasteiger partial charge in [-0.2, -0.15) is 4.99 Å². The minimum Gasteiger partial charge on any atom is -0.505 e. The number of phenolic OH excluding ortho intramolecular Hbond substituents is 1. The van der Waals surface area contributed by atoms with Crippen molar-refractivity contribution in [2.75, 3.05) is 62.8 Å². The van der Waals surface area contributed by atoms with Crippen molar-refractivity contribution >= 4 is 28.8 Å². The van der Waals surface area contributed by atoms with Crippen molar-refractivity contribution in [3.05, 3.63) is 107 Å². The molecule has 0 atom stereocenters. The van der Waals surface area contributed by atoms with Crippen LogP contribution in [0, 0.1) is 11.6 Å². The zero-order valence-electron chi connectivity index (χ0n) is 26.2. The van der Waals surface area contributed by atoms with Gasteiger partial charge in [0.1, 0.15) is 11.7 Å². The average Bonchev–Trinajstić information content (AvgIpc) is 3.04. The van der Waals surface area contributed by atoms with Crippen LogP contribution in [0.25, 0.3) is 11.1 Å². The van der Waals surface area contributed by atoms with Crippen molar-refractivity contribution in [1.29, 1.82) is 0 Å². The van der Waals surface area contributed by atoms with E-state index in [1.807, 2.05) is 19.1 Å². The minimum absolute atomic E-state index is 0.0815. The first-order chi connectivity index (χ1) is 22.1. The Labute approximate surface area is 267 Å². The normalized spacial score (nSPS) is 13.6. The highest BCUT2D eigenvalue weighted by atomic mass is 19.1. The van der Waals surface area contributed by atoms with Gasteiger partial charge in [-0.1, -0.05) is 18.2 Å². The number of nitrogens with one attached hydrogen (secondary N) is 1. The van der Waals surface area contributed by atoms with Crippen molar-refractivity contribution in [1.82, 2.24) is 4.90 Å². The number of nitrogen functional groups attached to an aromatic ring is 1. The molecule has 1 aliphatic rings. The zero-order valence-corrected chi connectivity index (χ0v) is 26.2.